The minimum Gasteiger partial charge on any atom is -0.496 e. The van der Waals surface area contributed by atoms with Crippen LogP contribution in [0.3, 0.4) is 0 Å². The molecule has 106 valence electrons. The average molecular weight is 328 g/mol. The molecule has 1 N–H and O–H groups in total. The van der Waals surface area contributed by atoms with E-state index in [0.717, 1.165) is 35.9 Å². The highest BCUT2D eigenvalue weighted by Gasteiger charge is 2.15. The van der Waals surface area contributed by atoms with Crippen LogP contribution >= 0.6 is 15.9 Å². The summed E-state index contributed by atoms with van der Waals surface area (Å²) in [6.07, 6.45) is 2.41. The van der Waals surface area contributed by atoms with Crippen LogP contribution in [0.25, 0.3) is 0 Å². The van der Waals surface area contributed by atoms with Crippen molar-refractivity contribution in [2.24, 2.45) is 5.92 Å². The van der Waals surface area contributed by atoms with E-state index < -0.39 is 0 Å². The van der Waals surface area contributed by atoms with Crippen LogP contribution in [0.5, 0.6) is 5.75 Å². The highest BCUT2D eigenvalue weighted by Crippen LogP contribution is 2.28. The fourth-order valence-electron chi connectivity index (χ4n) is 2.38. The predicted octanol–water partition coefficient (Wildman–Crippen LogP) is 3.53. The van der Waals surface area contributed by atoms with E-state index in [1.807, 2.05) is 6.07 Å². The zero-order valence-corrected chi connectivity index (χ0v) is 13.2. The molecule has 0 amide bonds. The van der Waals surface area contributed by atoms with Crippen molar-refractivity contribution in [2.75, 3.05) is 26.9 Å². The molecule has 0 aromatic heterocycles. The third-order valence-electron chi connectivity index (χ3n) is 3.70. The lowest BCUT2D eigenvalue weighted by Crippen LogP contribution is -2.22. The van der Waals surface area contributed by atoms with E-state index in [-0.39, 0.29) is 0 Å². The number of hydrogen-bond donors (Lipinski definition) is 1. The quantitative estimate of drug-likeness (QED) is 0.866. The molecule has 1 heterocycles. The molecular weight excluding hydrogens is 306 g/mol. The van der Waals surface area contributed by atoms with Crippen LogP contribution in [-0.4, -0.2) is 26.9 Å². The zero-order valence-electron chi connectivity index (χ0n) is 11.6. The molecule has 2 atom stereocenters. The molecule has 0 bridgehead atoms. The molecular formula is C15H22BrNO2. The van der Waals surface area contributed by atoms with Gasteiger partial charge in [0.1, 0.15) is 5.75 Å². The molecule has 1 aromatic rings. The van der Waals surface area contributed by atoms with E-state index in [2.05, 4.69) is 40.3 Å². The van der Waals surface area contributed by atoms with Crippen LogP contribution in [0.2, 0.25) is 0 Å². The normalized spacial score (nSPS) is 20.5. The second-order valence-corrected chi connectivity index (χ2v) is 5.94. The van der Waals surface area contributed by atoms with Crippen LogP contribution in [0.1, 0.15) is 31.4 Å². The maximum atomic E-state index is 5.39. The molecule has 0 aliphatic carbocycles. The summed E-state index contributed by atoms with van der Waals surface area (Å²) >= 11 is 3.53. The minimum absolute atomic E-state index is 0.351. The van der Waals surface area contributed by atoms with Gasteiger partial charge < -0.3 is 14.8 Å². The Morgan fingerprint density at radius 3 is 3.00 bits per heavy atom. The summed E-state index contributed by atoms with van der Waals surface area (Å²) in [6.45, 7) is 5.11. The van der Waals surface area contributed by atoms with Gasteiger partial charge in [0, 0.05) is 19.3 Å². The highest BCUT2D eigenvalue weighted by atomic mass is 79.9. The Morgan fingerprint density at radius 1 is 1.53 bits per heavy atom. The zero-order chi connectivity index (χ0) is 13.7. The maximum Gasteiger partial charge on any atom is 0.133 e. The molecule has 0 spiro atoms. The first-order chi connectivity index (χ1) is 9.20. The Bertz CT molecular complexity index is 405. The minimum atomic E-state index is 0.351. The fourth-order valence-corrected chi connectivity index (χ4v) is 2.94. The van der Waals surface area contributed by atoms with Gasteiger partial charge in [-0.25, -0.2) is 0 Å². The summed E-state index contributed by atoms with van der Waals surface area (Å²) in [5.41, 5.74) is 1.27. The van der Waals surface area contributed by atoms with Crippen LogP contribution < -0.4 is 10.1 Å². The van der Waals surface area contributed by atoms with E-state index in [9.17, 15) is 0 Å². The van der Waals surface area contributed by atoms with Gasteiger partial charge in [0.05, 0.1) is 11.6 Å². The van der Waals surface area contributed by atoms with E-state index in [1.165, 1.54) is 18.4 Å². The molecule has 3 nitrogen and oxygen atoms in total. The van der Waals surface area contributed by atoms with Crippen LogP contribution in [0, 0.1) is 5.92 Å². The molecule has 1 aliphatic heterocycles. The van der Waals surface area contributed by atoms with Crippen LogP contribution in [0.4, 0.5) is 0 Å². The summed E-state index contributed by atoms with van der Waals surface area (Å²) in [5, 5.41) is 3.57. The first-order valence-corrected chi connectivity index (χ1v) is 7.64. The number of benzene rings is 1. The lowest BCUT2D eigenvalue weighted by molar-refractivity contribution is 0.184. The summed E-state index contributed by atoms with van der Waals surface area (Å²) in [4.78, 5) is 0. The molecule has 0 saturated carbocycles. The summed E-state index contributed by atoms with van der Waals surface area (Å²) in [7, 11) is 1.69. The van der Waals surface area contributed by atoms with E-state index in [0.29, 0.717) is 6.04 Å². The molecule has 2 unspecified atom stereocenters. The molecule has 1 fully saturated rings. The average Bonchev–Trinajstić information content (AvgIpc) is 2.91. The van der Waals surface area contributed by atoms with Crippen molar-refractivity contribution in [3.8, 4) is 5.75 Å². The van der Waals surface area contributed by atoms with Gasteiger partial charge >= 0.3 is 0 Å². The molecule has 1 aromatic carbocycles. The molecule has 19 heavy (non-hydrogen) atoms. The predicted molar refractivity (Wildman–Crippen MR) is 80.7 cm³/mol. The third kappa shape index (κ3) is 4.20. The monoisotopic (exact) mass is 327 g/mol. The second-order valence-electron chi connectivity index (χ2n) is 5.09. The summed E-state index contributed by atoms with van der Waals surface area (Å²) in [6, 6.07) is 6.59. The van der Waals surface area contributed by atoms with Gasteiger partial charge in [-0.15, -0.1) is 0 Å². The van der Waals surface area contributed by atoms with Gasteiger partial charge in [0.25, 0.3) is 0 Å². The molecule has 0 radical (unpaired) electrons. The summed E-state index contributed by atoms with van der Waals surface area (Å²) in [5.74, 6) is 1.61. The van der Waals surface area contributed by atoms with Gasteiger partial charge in [-0.05, 0) is 65.9 Å². The van der Waals surface area contributed by atoms with Crippen molar-refractivity contribution < 1.29 is 9.47 Å². The largest absolute Gasteiger partial charge is 0.496 e. The van der Waals surface area contributed by atoms with Crippen molar-refractivity contribution in [1.82, 2.24) is 5.32 Å². The van der Waals surface area contributed by atoms with Gasteiger partial charge in [0.15, 0.2) is 0 Å². The maximum absolute atomic E-state index is 5.39. The number of hydrogen-bond acceptors (Lipinski definition) is 3. The number of nitrogens with one attached hydrogen (secondary N) is 1. The molecule has 1 aliphatic rings. The number of ether oxygens (including phenoxy) is 2. The first-order valence-electron chi connectivity index (χ1n) is 6.85. The fraction of sp³-hybridized carbons (Fsp3) is 0.600. The van der Waals surface area contributed by atoms with Gasteiger partial charge in [0.2, 0.25) is 0 Å². The SMILES string of the molecule is COc1ccc(C(C)NCCC2CCOC2)cc1Br. The number of rotatable bonds is 6. The molecule has 1 saturated heterocycles. The van der Waals surface area contributed by atoms with E-state index in [1.54, 1.807) is 7.11 Å². The van der Waals surface area contributed by atoms with Crippen LogP contribution in [-0.2, 0) is 4.74 Å². The van der Waals surface area contributed by atoms with Crippen molar-refractivity contribution in [2.45, 2.75) is 25.8 Å². The molecule has 2 rings (SSSR count). The number of halogens is 1. The van der Waals surface area contributed by atoms with Crippen molar-refractivity contribution in [1.29, 1.82) is 0 Å². The van der Waals surface area contributed by atoms with E-state index in [4.69, 9.17) is 9.47 Å². The highest BCUT2D eigenvalue weighted by molar-refractivity contribution is 9.10. The van der Waals surface area contributed by atoms with Crippen molar-refractivity contribution in [3.05, 3.63) is 28.2 Å². The lowest BCUT2D eigenvalue weighted by atomic mass is 10.0. The third-order valence-corrected chi connectivity index (χ3v) is 4.32. The smallest absolute Gasteiger partial charge is 0.133 e. The van der Waals surface area contributed by atoms with E-state index >= 15 is 0 Å². The number of methoxy groups -OCH3 is 1. The Kier molecular flexibility index (Phi) is 5.67. The Morgan fingerprint density at radius 2 is 2.37 bits per heavy atom. The van der Waals surface area contributed by atoms with Gasteiger partial charge in [-0.3, -0.25) is 0 Å². The standard InChI is InChI=1S/C15H22BrNO2/c1-11(17-7-5-12-6-8-19-10-12)13-3-4-15(18-2)14(16)9-13/h3-4,9,11-12,17H,5-8,10H2,1-2H3. The van der Waals surface area contributed by atoms with Crippen LogP contribution in [0.15, 0.2) is 22.7 Å². The topological polar surface area (TPSA) is 30.5 Å². The molecule has 4 heteroatoms. The van der Waals surface area contributed by atoms with Crippen molar-refractivity contribution >= 4 is 15.9 Å². The van der Waals surface area contributed by atoms with Crippen molar-refractivity contribution in [3.63, 3.8) is 0 Å². The Hall–Kier alpha value is -0.580. The second kappa shape index (κ2) is 7.27. The van der Waals surface area contributed by atoms with Gasteiger partial charge in [-0.2, -0.15) is 0 Å². The van der Waals surface area contributed by atoms with Gasteiger partial charge in [-0.1, -0.05) is 6.07 Å². The first kappa shape index (κ1) is 14.8. The summed E-state index contributed by atoms with van der Waals surface area (Å²) < 4.78 is 11.6. The Labute approximate surface area is 123 Å². The Balaban J connectivity index is 1.81. The lowest BCUT2D eigenvalue weighted by Gasteiger charge is -2.16.